The van der Waals surface area contributed by atoms with E-state index in [4.69, 9.17) is 5.73 Å². The second-order valence-corrected chi connectivity index (χ2v) is 5.12. The van der Waals surface area contributed by atoms with E-state index >= 15 is 0 Å². The summed E-state index contributed by atoms with van der Waals surface area (Å²) >= 11 is 1.49. The highest BCUT2D eigenvalue weighted by Crippen LogP contribution is 2.31. The van der Waals surface area contributed by atoms with Gasteiger partial charge in [0.05, 0.1) is 0 Å². The summed E-state index contributed by atoms with van der Waals surface area (Å²) in [6, 6.07) is 0.566. The molecule has 0 spiro atoms. The van der Waals surface area contributed by atoms with E-state index in [0.29, 0.717) is 12.0 Å². The van der Waals surface area contributed by atoms with Gasteiger partial charge in [-0.1, -0.05) is 12.8 Å². The lowest BCUT2D eigenvalue weighted by atomic mass is 9.83. The Balaban J connectivity index is 2.13. The summed E-state index contributed by atoms with van der Waals surface area (Å²) in [5.41, 5.74) is 5.88. The number of nitrogens with two attached hydrogens (primary N) is 1. The van der Waals surface area contributed by atoms with Gasteiger partial charge in [0.1, 0.15) is 6.33 Å². The van der Waals surface area contributed by atoms with Crippen LogP contribution >= 0.6 is 11.5 Å². The number of hydrogen-bond donors (Lipinski definition) is 1. The molecular formula is C11H20N4S. The molecule has 2 rings (SSSR count). The number of aromatic nitrogens is 2. The molecule has 5 heteroatoms. The molecule has 2 N–H and O–H groups in total. The van der Waals surface area contributed by atoms with Gasteiger partial charge in [0, 0.05) is 24.1 Å². The highest BCUT2D eigenvalue weighted by molar-refractivity contribution is 7.09. The largest absolute Gasteiger partial charge is 0.344 e. The van der Waals surface area contributed by atoms with Gasteiger partial charge in [-0.05, 0) is 32.2 Å². The molecule has 16 heavy (non-hydrogen) atoms. The van der Waals surface area contributed by atoms with Crippen LogP contribution in [0.4, 0.5) is 5.13 Å². The quantitative estimate of drug-likeness (QED) is 0.873. The standard InChI is InChI=1S/C11H20N4S/c1-2-15(11-13-8-14-16-11)10-6-4-3-5-9(10)7-12/h8-10H,2-7,12H2,1H3. The number of hydrogen-bond acceptors (Lipinski definition) is 5. The third-order valence-corrected chi connectivity index (χ3v) is 4.21. The van der Waals surface area contributed by atoms with Crippen molar-refractivity contribution in [3.05, 3.63) is 6.33 Å². The van der Waals surface area contributed by atoms with Crippen LogP contribution in [0.2, 0.25) is 0 Å². The molecule has 1 aromatic rings. The highest BCUT2D eigenvalue weighted by atomic mass is 32.1. The van der Waals surface area contributed by atoms with Crippen molar-refractivity contribution in [1.82, 2.24) is 9.36 Å². The van der Waals surface area contributed by atoms with Crippen molar-refractivity contribution in [3.8, 4) is 0 Å². The number of rotatable bonds is 4. The zero-order chi connectivity index (χ0) is 11.4. The smallest absolute Gasteiger partial charge is 0.205 e. The Morgan fingerprint density at radius 1 is 1.50 bits per heavy atom. The zero-order valence-corrected chi connectivity index (χ0v) is 10.6. The summed E-state index contributed by atoms with van der Waals surface area (Å²) in [5.74, 6) is 0.623. The first-order valence-corrected chi connectivity index (χ1v) is 6.87. The predicted octanol–water partition coefficient (Wildman–Crippen LogP) is 1.88. The molecule has 4 nitrogen and oxygen atoms in total. The molecule has 0 amide bonds. The van der Waals surface area contributed by atoms with Crippen molar-refractivity contribution in [3.63, 3.8) is 0 Å². The topological polar surface area (TPSA) is 55.0 Å². The molecule has 1 aromatic heterocycles. The first-order chi connectivity index (χ1) is 7.86. The molecular weight excluding hydrogens is 220 g/mol. The van der Waals surface area contributed by atoms with Crippen LogP contribution in [-0.4, -0.2) is 28.5 Å². The van der Waals surface area contributed by atoms with E-state index in [1.807, 2.05) is 0 Å². The fourth-order valence-electron chi connectivity index (χ4n) is 2.68. The minimum absolute atomic E-state index is 0.566. The van der Waals surface area contributed by atoms with Crippen molar-refractivity contribution in [2.75, 3.05) is 18.0 Å². The van der Waals surface area contributed by atoms with Crippen LogP contribution in [0.15, 0.2) is 6.33 Å². The Morgan fingerprint density at radius 2 is 2.31 bits per heavy atom. The summed E-state index contributed by atoms with van der Waals surface area (Å²) < 4.78 is 4.09. The fourth-order valence-corrected chi connectivity index (χ4v) is 3.33. The zero-order valence-electron chi connectivity index (χ0n) is 9.80. The number of nitrogens with zero attached hydrogens (tertiary/aromatic N) is 3. The third kappa shape index (κ3) is 2.35. The molecule has 2 atom stereocenters. The second kappa shape index (κ2) is 5.59. The van der Waals surface area contributed by atoms with Crippen LogP contribution in [0.25, 0.3) is 0 Å². The van der Waals surface area contributed by atoms with Crippen molar-refractivity contribution < 1.29 is 0 Å². The van der Waals surface area contributed by atoms with E-state index in [0.717, 1.165) is 18.2 Å². The van der Waals surface area contributed by atoms with Gasteiger partial charge in [0.15, 0.2) is 0 Å². The average Bonchev–Trinajstić information content (AvgIpc) is 2.84. The van der Waals surface area contributed by atoms with Gasteiger partial charge in [-0.15, -0.1) is 0 Å². The van der Waals surface area contributed by atoms with E-state index in [2.05, 4.69) is 21.2 Å². The normalized spacial score (nSPS) is 25.6. The van der Waals surface area contributed by atoms with E-state index in [1.54, 1.807) is 6.33 Å². The van der Waals surface area contributed by atoms with Gasteiger partial charge in [0.2, 0.25) is 5.13 Å². The van der Waals surface area contributed by atoms with Crippen LogP contribution < -0.4 is 10.6 Å². The molecule has 1 fully saturated rings. The molecule has 2 unspecified atom stereocenters. The summed E-state index contributed by atoms with van der Waals surface area (Å²) in [6.45, 7) is 3.97. The maximum atomic E-state index is 5.88. The highest BCUT2D eigenvalue weighted by Gasteiger charge is 2.29. The van der Waals surface area contributed by atoms with Crippen LogP contribution in [0.5, 0.6) is 0 Å². The van der Waals surface area contributed by atoms with Crippen molar-refractivity contribution in [2.45, 2.75) is 38.6 Å². The molecule has 0 saturated heterocycles. The molecule has 0 aliphatic heterocycles. The molecule has 0 radical (unpaired) electrons. The summed E-state index contributed by atoms with van der Waals surface area (Å²) in [4.78, 5) is 6.71. The van der Waals surface area contributed by atoms with E-state index in [1.165, 1.54) is 37.2 Å². The summed E-state index contributed by atoms with van der Waals surface area (Å²) in [6.07, 6.45) is 6.79. The van der Waals surface area contributed by atoms with Crippen molar-refractivity contribution in [2.24, 2.45) is 11.7 Å². The molecule has 1 saturated carbocycles. The Hall–Kier alpha value is -0.680. The molecule has 0 bridgehead atoms. The van der Waals surface area contributed by atoms with Gasteiger partial charge in [-0.2, -0.15) is 4.37 Å². The SMILES string of the molecule is CCN(c1ncns1)C1CCCCC1CN. The Bertz CT molecular complexity index is 301. The van der Waals surface area contributed by atoms with E-state index < -0.39 is 0 Å². The van der Waals surface area contributed by atoms with Gasteiger partial charge in [0.25, 0.3) is 0 Å². The van der Waals surface area contributed by atoms with Gasteiger partial charge in [-0.3, -0.25) is 0 Å². The van der Waals surface area contributed by atoms with Crippen LogP contribution in [0.3, 0.4) is 0 Å². The first-order valence-electron chi connectivity index (χ1n) is 6.10. The lowest BCUT2D eigenvalue weighted by molar-refractivity contribution is 0.300. The fraction of sp³-hybridized carbons (Fsp3) is 0.818. The van der Waals surface area contributed by atoms with Crippen LogP contribution in [0, 0.1) is 5.92 Å². The van der Waals surface area contributed by atoms with Crippen molar-refractivity contribution in [1.29, 1.82) is 0 Å². The third-order valence-electron chi connectivity index (χ3n) is 3.51. The molecule has 1 aliphatic rings. The summed E-state index contributed by atoms with van der Waals surface area (Å²) in [7, 11) is 0. The average molecular weight is 240 g/mol. The lowest BCUT2D eigenvalue weighted by Gasteiger charge is -2.38. The maximum Gasteiger partial charge on any atom is 0.205 e. The van der Waals surface area contributed by atoms with Gasteiger partial charge in [-0.25, -0.2) is 4.98 Å². The number of anilines is 1. The second-order valence-electron chi connectivity index (χ2n) is 4.36. The summed E-state index contributed by atoms with van der Waals surface area (Å²) in [5, 5.41) is 1.05. The maximum absolute atomic E-state index is 5.88. The van der Waals surface area contributed by atoms with Crippen molar-refractivity contribution >= 4 is 16.7 Å². The Kier molecular flexibility index (Phi) is 4.12. The molecule has 1 aliphatic carbocycles. The van der Waals surface area contributed by atoms with E-state index in [9.17, 15) is 0 Å². The first kappa shape index (κ1) is 11.8. The minimum Gasteiger partial charge on any atom is -0.344 e. The predicted molar refractivity (Wildman–Crippen MR) is 67.7 cm³/mol. The monoisotopic (exact) mass is 240 g/mol. The Labute approximate surface area is 101 Å². The minimum atomic E-state index is 0.566. The molecule has 90 valence electrons. The molecule has 1 heterocycles. The van der Waals surface area contributed by atoms with Crippen LogP contribution in [-0.2, 0) is 0 Å². The Morgan fingerprint density at radius 3 is 2.94 bits per heavy atom. The van der Waals surface area contributed by atoms with Crippen LogP contribution in [0.1, 0.15) is 32.6 Å². The molecule has 0 aromatic carbocycles. The lowest BCUT2D eigenvalue weighted by Crippen LogP contribution is -2.45. The van der Waals surface area contributed by atoms with Gasteiger partial charge < -0.3 is 10.6 Å². The van der Waals surface area contributed by atoms with Gasteiger partial charge >= 0.3 is 0 Å². The van der Waals surface area contributed by atoms with E-state index in [-0.39, 0.29) is 0 Å².